The Labute approximate surface area is 106 Å². The van der Waals surface area contributed by atoms with Crippen molar-refractivity contribution in [2.45, 2.75) is 40.2 Å². The normalized spacial score (nSPS) is 20.4. The summed E-state index contributed by atoms with van der Waals surface area (Å²) in [6.45, 7) is 8.50. The Morgan fingerprint density at radius 1 is 1.22 bits per heavy atom. The minimum Gasteiger partial charge on any atom is -0.490 e. The first-order valence-corrected chi connectivity index (χ1v) is 5.84. The molecule has 5 heteroatoms. The van der Waals surface area contributed by atoms with Crippen molar-refractivity contribution in [1.29, 1.82) is 0 Å². The molecular formula is C13H18O5. The van der Waals surface area contributed by atoms with Crippen LogP contribution in [0.1, 0.15) is 34.6 Å². The van der Waals surface area contributed by atoms with Crippen LogP contribution in [0.15, 0.2) is 11.3 Å². The number of esters is 1. The van der Waals surface area contributed by atoms with Crippen molar-refractivity contribution in [2.24, 2.45) is 5.92 Å². The smallest absolute Gasteiger partial charge is 0.325 e. The van der Waals surface area contributed by atoms with Gasteiger partial charge in [0.05, 0.1) is 6.61 Å². The highest BCUT2D eigenvalue weighted by Crippen LogP contribution is 2.27. The van der Waals surface area contributed by atoms with Crippen LogP contribution < -0.4 is 0 Å². The topological polar surface area (TPSA) is 69.7 Å². The SMILES string of the molecule is CCOC1=C(C)C(=O)C(C(=O)OC(C)(C)C)C1=O. The first-order valence-electron chi connectivity index (χ1n) is 5.84. The average molecular weight is 254 g/mol. The predicted molar refractivity (Wildman–Crippen MR) is 63.7 cm³/mol. The Kier molecular flexibility index (Phi) is 3.94. The van der Waals surface area contributed by atoms with Gasteiger partial charge in [0.1, 0.15) is 5.60 Å². The van der Waals surface area contributed by atoms with Crippen LogP contribution in [-0.2, 0) is 23.9 Å². The van der Waals surface area contributed by atoms with Gasteiger partial charge in [0.25, 0.3) is 0 Å². The third kappa shape index (κ3) is 2.78. The van der Waals surface area contributed by atoms with Gasteiger partial charge in [-0.3, -0.25) is 14.4 Å². The maximum absolute atomic E-state index is 11.9. The van der Waals surface area contributed by atoms with E-state index < -0.39 is 29.1 Å². The zero-order valence-electron chi connectivity index (χ0n) is 11.3. The van der Waals surface area contributed by atoms with E-state index in [1.165, 1.54) is 6.92 Å². The summed E-state index contributed by atoms with van der Waals surface area (Å²) in [4.78, 5) is 35.6. The standard InChI is InChI=1S/C13H18O5/c1-6-17-11-7(2)9(14)8(10(11)15)12(16)18-13(3,4)5/h8H,6H2,1-5H3. The fraction of sp³-hybridized carbons (Fsp3) is 0.615. The zero-order valence-corrected chi connectivity index (χ0v) is 11.3. The van der Waals surface area contributed by atoms with Gasteiger partial charge >= 0.3 is 5.97 Å². The highest BCUT2D eigenvalue weighted by molar-refractivity contribution is 6.32. The molecule has 0 amide bonds. The number of ketones is 2. The number of allylic oxidation sites excluding steroid dienone is 2. The molecule has 1 unspecified atom stereocenters. The number of rotatable bonds is 3. The molecule has 0 heterocycles. The molecular weight excluding hydrogens is 236 g/mol. The number of Topliss-reactive ketones (excluding diaryl/α,β-unsaturated/α-hetero) is 2. The molecule has 100 valence electrons. The molecule has 1 aliphatic carbocycles. The van der Waals surface area contributed by atoms with Gasteiger partial charge in [0.15, 0.2) is 17.5 Å². The van der Waals surface area contributed by atoms with Crippen molar-refractivity contribution >= 4 is 17.5 Å². The summed E-state index contributed by atoms with van der Waals surface area (Å²) in [7, 11) is 0. The second-order valence-electron chi connectivity index (χ2n) is 5.08. The molecule has 1 aliphatic rings. The Morgan fingerprint density at radius 2 is 1.78 bits per heavy atom. The van der Waals surface area contributed by atoms with Gasteiger partial charge in [0, 0.05) is 5.57 Å². The maximum atomic E-state index is 11.9. The molecule has 0 saturated carbocycles. The molecule has 0 bridgehead atoms. The van der Waals surface area contributed by atoms with Gasteiger partial charge < -0.3 is 9.47 Å². The highest BCUT2D eigenvalue weighted by Gasteiger charge is 2.46. The summed E-state index contributed by atoms with van der Waals surface area (Å²) in [5, 5.41) is 0. The van der Waals surface area contributed by atoms with Gasteiger partial charge in [-0.05, 0) is 34.6 Å². The number of ether oxygens (including phenoxy) is 2. The summed E-state index contributed by atoms with van der Waals surface area (Å²) in [5.74, 6) is -3.36. The molecule has 0 N–H and O–H groups in total. The summed E-state index contributed by atoms with van der Waals surface area (Å²) in [6.07, 6.45) is 0. The Hall–Kier alpha value is -1.65. The first kappa shape index (κ1) is 14.4. The minimum absolute atomic E-state index is 0.0154. The molecule has 1 atom stereocenters. The molecule has 0 spiro atoms. The van der Waals surface area contributed by atoms with E-state index in [4.69, 9.17) is 9.47 Å². The number of carbonyl (C=O) groups excluding carboxylic acids is 3. The Balaban J connectivity index is 2.93. The fourth-order valence-corrected chi connectivity index (χ4v) is 1.66. The lowest BCUT2D eigenvalue weighted by molar-refractivity contribution is -0.162. The number of carbonyl (C=O) groups is 3. The summed E-state index contributed by atoms with van der Waals surface area (Å²) in [5.41, 5.74) is -0.544. The van der Waals surface area contributed by atoms with Crippen LogP contribution in [0, 0.1) is 5.92 Å². The van der Waals surface area contributed by atoms with Gasteiger partial charge in [-0.1, -0.05) is 0 Å². The Bertz CT molecular complexity index is 425. The molecule has 5 nitrogen and oxygen atoms in total. The third-order valence-corrected chi connectivity index (χ3v) is 2.39. The molecule has 1 rings (SSSR count). The quantitative estimate of drug-likeness (QED) is 0.562. The van der Waals surface area contributed by atoms with Crippen LogP contribution in [0.2, 0.25) is 0 Å². The minimum atomic E-state index is -1.40. The van der Waals surface area contributed by atoms with Crippen LogP contribution in [0.25, 0.3) is 0 Å². The van der Waals surface area contributed by atoms with Gasteiger partial charge in [-0.2, -0.15) is 0 Å². The largest absolute Gasteiger partial charge is 0.490 e. The molecule has 0 saturated heterocycles. The Morgan fingerprint density at radius 3 is 2.22 bits per heavy atom. The lowest BCUT2D eigenvalue weighted by Crippen LogP contribution is -2.35. The van der Waals surface area contributed by atoms with E-state index in [0.29, 0.717) is 0 Å². The number of hydrogen-bond donors (Lipinski definition) is 0. The van der Waals surface area contributed by atoms with Gasteiger partial charge in [-0.15, -0.1) is 0 Å². The van der Waals surface area contributed by atoms with E-state index in [1.807, 2.05) is 0 Å². The van der Waals surface area contributed by atoms with Crippen LogP contribution in [0.3, 0.4) is 0 Å². The number of hydrogen-bond acceptors (Lipinski definition) is 5. The average Bonchev–Trinajstić information content (AvgIpc) is 2.40. The van der Waals surface area contributed by atoms with Crippen molar-refractivity contribution < 1.29 is 23.9 Å². The van der Waals surface area contributed by atoms with E-state index in [-0.39, 0.29) is 17.9 Å². The molecule has 18 heavy (non-hydrogen) atoms. The van der Waals surface area contributed by atoms with E-state index in [0.717, 1.165) is 0 Å². The van der Waals surface area contributed by atoms with Crippen molar-refractivity contribution in [1.82, 2.24) is 0 Å². The van der Waals surface area contributed by atoms with E-state index in [9.17, 15) is 14.4 Å². The monoisotopic (exact) mass is 254 g/mol. The molecule has 0 aromatic rings. The van der Waals surface area contributed by atoms with Crippen molar-refractivity contribution in [3.8, 4) is 0 Å². The third-order valence-electron chi connectivity index (χ3n) is 2.39. The summed E-state index contributed by atoms with van der Waals surface area (Å²) >= 11 is 0. The summed E-state index contributed by atoms with van der Waals surface area (Å²) in [6, 6.07) is 0. The molecule has 0 fully saturated rings. The van der Waals surface area contributed by atoms with Crippen LogP contribution >= 0.6 is 0 Å². The van der Waals surface area contributed by atoms with Crippen molar-refractivity contribution in [3.05, 3.63) is 11.3 Å². The van der Waals surface area contributed by atoms with E-state index >= 15 is 0 Å². The highest BCUT2D eigenvalue weighted by atomic mass is 16.6. The van der Waals surface area contributed by atoms with Crippen LogP contribution in [0.5, 0.6) is 0 Å². The van der Waals surface area contributed by atoms with E-state index in [1.54, 1.807) is 27.7 Å². The van der Waals surface area contributed by atoms with Crippen molar-refractivity contribution in [2.75, 3.05) is 6.61 Å². The molecule has 0 radical (unpaired) electrons. The second kappa shape index (κ2) is 4.92. The second-order valence-corrected chi connectivity index (χ2v) is 5.08. The van der Waals surface area contributed by atoms with Gasteiger partial charge in [-0.25, -0.2) is 0 Å². The van der Waals surface area contributed by atoms with E-state index in [2.05, 4.69) is 0 Å². The van der Waals surface area contributed by atoms with Gasteiger partial charge in [0.2, 0.25) is 5.78 Å². The first-order chi connectivity index (χ1) is 8.19. The molecule has 0 aliphatic heterocycles. The predicted octanol–water partition coefficient (Wildman–Crippen LogP) is 1.41. The zero-order chi connectivity index (χ0) is 14.1. The molecule has 0 aromatic heterocycles. The van der Waals surface area contributed by atoms with Crippen LogP contribution in [-0.4, -0.2) is 29.7 Å². The van der Waals surface area contributed by atoms with Crippen molar-refractivity contribution in [3.63, 3.8) is 0 Å². The maximum Gasteiger partial charge on any atom is 0.325 e. The molecule has 0 aromatic carbocycles. The summed E-state index contributed by atoms with van der Waals surface area (Å²) < 4.78 is 10.2. The lowest BCUT2D eigenvalue weighted by atomic mass is 10.0. The fourth-order valence-electron chi connectivity index (χ4n) is 1.66. The van der Waals surface area contributed by atoms with Crippen LogP contribution in [0.4, 0.5) is 0 Å². The lowest BCUT2D eigenvalue weighted by Gasteiger charge is -2.21.